The molecule has 11 heteroatoms. The first kappa shape index (κ1) is 25.4. The van der Waals surface area contributed by atoms with Crippen molar-refractivity contribution in [3.05, 3.63) is 48.4 Å². The largest absolute Gasteiger partial charge is 0.469 e. The van der Waals surface area contributed by atoms with Crippen molar-refractivity contribution in [3.8, 4) is 17.0 Å². The zero-order valence-corrected chi connectivity index (χ0v) is 22.5. The van der Waals surface area contributed by atoms with Crippen LogP contribution in [0.2, 0.25) is 0 Å². The Hall–Kier alpha value is -4.28. The molecule has 5 rings (SSSR count). The third-order valence-corrected chi connectivity index (χ3v) is 6.02. The molecule has 198 valence electrons. The number of carbonyl (C=O) groups excluding carboxylic acids is 1. The van der Waals surface area contributed by atoms with Gasteiger partial charge in [0.25, 0.3) is 0 Å². The van der Waals surface area contributed by atoms with Gasteiger partial charge in [-0.2, -0.15) is 5.10 Å². The second-order valence-electron chi connectivity index (χ2n) is 10.8. The minimum absolute atomic E-state index is 0.166. The van der Waals surface area contributed by atoms with Gasteiger partial charge in [-0.25, -0.2) is 9.78 Å². The predicted molar refractivity (Wildman–Crippen MR) is 143 cm³/mol. The van der Waals surface area contributed by atoms with E-state index in [0.717, 1.165) is 27.7 Å². The number of aromatic nitrogens is 6. The first-order valence-electron chi connectivity index (χ1n) is 12.6. The number of hydrogen-bond donors (Lipinski definition) is 1. The summed E-state index contributed by atoms with van der Waals surface area (Å²) < 4.78 is 13.3. The summed E-state index contributed by atoms with van der Waals surface area (Å²) in [5.41, 5.74) is 3.67. The zero-order chi connectivity index (χ0) is 27.0. The topological polar surface area (TPSA) is 120 Å². The molecular weight excluding hydrogens is 484 g/mol. The number of carbonyl (C=O) groups is 1. The maximum absolute atomic E-state index is 12.2. The molecule has 1 amide bonds. The van der Waals surface area contributed by atoms with Gasteiger partial charge in [0.15, 0.2) is 5.82 Å². The van der Waals surface area contributed by atoms with Gasteiger partial charge in [0.2, 0.25) is 5.88 Å². The fraction of sp³-hybridized carbons (Fsp3) is 0.407. The van der Waals surface area contributed by atoms with E-state index in [1.54, 1.807) is 22.0 Å². The summed E-state index contributed by atoms with van der Waals surface area (Å²) in [6.07, 6.45) is 4.94. The summed E-state index contributed by atoms with van der Waals surface area (Å²) in [5.74, 6) is 2.11. The molecule has 0 radical (unpaired) electrons. The second kappa shape index (κ2) is 9.88. The van der Waals surface area contributed by atoms with Crippen LogP contribution in [0.25, 0.3) is 22.2 Å². The first-order valence-corrected chi connectivity index (χ1v) is 12.6. The molecule has 1 aliphatic rings. The lowest BCUT2D eigenvalue weighted by Crippen LogP contribution is -2.57. The number of rotatable bonds is 6. The Morgan fingerprint density at radius 2 is 1.89 bits per heavy atom. The maximum atomic E-state index is 12.2. The van der Waals surface area contributed by atoms with Gasteiger partial charge in [-0.15, -0.1) is 10.2 Å². The van der Waals surface area contributed by atoms with Crippen LogP contribution in [0.5, 0.6) is 5.88 Å². The van der Waals surface area contributed by atoms with Crippen LogP contribution in [0.3, 0.4) is 0 Å². The Balaban J connectivity index is 1.33. The standard InChI is InChI=1S/C27H32N8O3/c1-16(2)17-10-24(32-29-12-17)31-23-8-7-21-22(30-23)9-18(11-28-21)20-15-34(6)33-25(20)37-19-13-35(14-19)26(36)38-27(3,4)5/h7-12,15-16,19H,13-14H2,1-6H3,(H,30,31,32). The minimum atomic E-state index is -0.533. The molecular formula is C27H32N8O3. The molecule has 1 saturated heterocycles. The molecule has 1 fully saturated rings. The highest BCUT2D eigenvalue weighted by Gasteiger charge is 2.36. The second-order valence-corrected chi connectivity index (χ2v) is 10.8. The highest BCUT2D eigenvalue weighted by Crippen LogP contribution is 2.32. The molecule has 0 saturated carbocycles. The van der Waals surface area contributed by atoms with Gasteiger partial charge in [-0.3, -0.25) is 9.67 Å². The van der Waals surface area contributed by atoms with Gasteiger partial charge in [-0.1, -0.05) is 13.8 Å². The van der Waals surface area contributed by atoms with Crippen LogP contribution in [-0.4, -0.2) is 65.7 Å². The molecule has 1 aliphatic heterocycles. The fourth-order valence-electron chi connectivity index (χ4n) is 4.01. The van der Waals surface area contributed by atoms with Crippen molar-refractivity contribution in [2.75, 3.05) is 18.4 Å². The fourth-order valence-corrected chi connectivity index (χ4v) is 4.01. The van der Waals surface area contributed by atoms with E-state index in [1.165, 1.54) is 0 Å². The number of aryl methyl sites for hydroxylation is 1. The number of anilines is 2. The van der Waals surface area contributed by atoms with E-state index >= 15 is 0 Å². The van der Waals surface area contributed by atoms with Gasteiger partial charge < -0.3 is 19.7 Å². The molecule has 0 aromatic carbocycles. The van der Waals surface area contributed by atoms with E-state index in [4.69, 9.17) is 14.5 Å². The number of fused-ring (bicyclic) bond motifs is 1. The average Bonchev–Trinajstić information content (AvgIpc) is 3.19. The van der Waals surface area contributed by atoms with Crippen molar-refractivity contribution < 1.29 is 14.3 Å². The Morgan fingerprint density at radius 1 is 1.11 bits per heavy atom. The highest BCUT2D eigenvalue weighted by atomic mass is 16.6. The average molecular weight is 517 g/mol. The molecule has 0 aliphatic carbocycles. The zero-order valence-electron chi connectivity index (χ0n) is 22.5. The van der Waals surface area contributed by atoms with E-state index in [9.17, 15) is 4.79 Å². The van der Waals surface area contributed by atoms with E-state index in [2.05, 4.69) is 39.4 Å². The monoisotopic (exact) mass is 516 g/mol. The van der Waals surface area contributed by atoms with Crippen LogP contribution >= 0.6 is 0 Å². The molecule has 0 bridgehead atoms. The summed E-state index contributed by atoms with van der Waals surface area (Å²) in [5, 5.41) is 16.0. The summed E-state index contributed by atoms with van der Waals surface area (Å²) >= 11 is 0. The highest BCUT2D eigenvalue weighted by molar-refractivity contribution is 5.83. The predicted octanol–water partition coefficient (Wildman–Crippen LogP) is 4.69. The SMILES string of the molecule is CC(C)c1cnnc(Nc2ccc3ncc(-c4cn(C)nc4OC4CN(C(=O)OC(C)(C)C)C4)cc3n2)c1. The van der Waals surface area contributed by atoms with Gasteiger partial charge >= 0.3 is 6.09 Å². The smallest absolute Gasteiger partial charge is 0.410 e. The number of hydrogen-bond acceptors (Lipinski definition) is 9. The molecule has 0 unspecified atom stereocenters. The normalized spacial score (nSPS) is 14.0. The van der Waals surface area contributed by atoms with Crippen molar-refractivity contribution in [1.82, 2.24) is 34.8 Å². The lowest BCUT2D eigenvalue weighted by molar-refractivity contribution is -0.0232. The number of amides is 1. The van der Waals surface area contributed by atoms with Gasteiger partial charge in [0, 0.05) is 25.0 Å². The molecule has 0 spiro atoms. The molecule has 11 nitrogen and oxygen atoms in total. The maximum Gasteiger partial charge on any atom is 0.410 e. The van der Waals surface area contributed by atoms with E-state index < -0.39 is 5.60 Å². The summed E-state index contributed by atoms with van der Waals surface area (Å²) in [4.78, 5) is 23.2. The number of pyridine rings is 2. The van der Waals surface area contributed by atoms with Crippen LogP contribution in [0.1, 0.15) is 46.1 Å². The van der Waals surface area contributed by atoms with Crippen LogP contribution < -0.4 is 10.1 Å². The van der Waals surface area contributed by atoms with Crippen LogP contribution in [0.4, 0.5) is 16.4 Å². The summed E-state index contributed by atoms with van der Waals surface area (Å²) in [6, 6.07) is 7.71. The van der Waals surface area contributed by atoms with Crippen molar-refractivity contribution in [1.29, 1.82) is 0 Å². The van der Waals surface area contributed by atoms with Gasteiger partial charge in [-0.05, 0) is 56.5 Å². The lowest BCUT2D eigenvalue weighted by atomic mass is 10.1. The molecule has 5 heterocycles. The number of nitrogens with one attached hydrogen (secondary N) is 1. The van der Waals surface area contributed by atoms with Crippen molar-refractivity contribution >= 4 is 28.8 Å². The Labute approximate surface area is 221 Å². The summed E-state index contributed by atoms with van der Waals surface area (Å²) in [7, 11) is 1.84. The number of likely N-dealkylation sites (tertiary alicyclic amines) is 1. The van der Waals surface area contributed by atoms with Crippen LogP contribution in [0.15, 0.2) is 42.9 Å². The molecule has 4 aromatic heterocycles. The molecule has 1 N–H and O–H groups in total. The summed E-state index contributed by atoms with van der Waals surface area (Å²) in [6.45, 7) is 10.7. The Kier molecular flexibility index (Phi) is 6.60. The van der Waals surface area contributed by atoms with Gasteiger partial charge in [0.05, 0.1) is 35.9 Å². The van der Waals surface area contributed by atoms with Crippen LogP contribution in [-0.2, 0) is 11.8 Å². The number of ether oxygens (including phenoxy) is 2. The third-order valence-electron chi connectivity index (χ3n) is 6.02. The third kappa shape index (κ3) is 5.66. The molecule has 38 heavy (non-hydrogen) atoms. The number of nitrogens with zero attached hydrogens (tertiary/aromatic N) is 7. The van der Waals surface area contributed by atoms with E-state index in [-0.39, 0.29) is 12.2 Å². The molecule has 0 atom stereocenters. The quantitative estimate of drug-likeness (QED) is 0.389. The van der Waals surface area contributed by atoms with E-state index in [0.29, 0.717) is 36.5 Å². The van der Waals surface area contributed by atoms with Crippen molar-refractivity contribution in [2.24, 2.45) is 7.05 Å². The minimum Gasteiger partial charge on any atom is -0.469 e. The molecule has 4 aromatic rings. The first-order chi connectivity index (χ1) is 18.0. The van der Waals surface area contributed by atoms with E-state index in [1.807, 2.05) is 58.3 Å². The Morgan fingerprint density at radius 3 is 2.63 bits per heavy atom. The van der Waals surface area contributed by atoms with Crippen molar-refractivity contribution in [3.63, 3.8) is 0 Å². The van der Waals surface area contributed by atoms with Gasteiger partial charge in [0.1, 0.15) is 17.5 Å². The Bertz CT molecular complexity index is 1470. The lowest BCUT2D eigenvalue weighted by Gasteiger charge is -2.39. The van der Waals surface area contributed by atoms with Crippen LogP contribution in [0, 0.1) is 0 Å². The van der Waals surface area contributed by atoms with Crippen molar-refractivity contribution in [2.45, 2.75) is 52.2 Å².